The first kappa shape index (κ1) is 15.7. The monoisotopic (exact) mass is 287 g/mol. The van der Waals surface area contributed by atoms with Gasteiger partial charge in [0.1, 0.15) is 5.82 Å². The fourth-order valence-corrected chi connectivity index (χ4v) is 2.28. The average Bonchev–Trinajstić information content (AvgIpc) is 2.49. The van der Waals surface area contributed by atoms with Crippen LogP contribution < -0.4 is 0 Å². The Hall–Kier alpha value is -1.71. The molecule has 1 atom stereocenters. The van der Waals surface area contributed by atoms with Gasteiger partial charge in [0.15, 0.2) is 0 Å². The minimum atomic E-state index is -0.519. The molecule has 0 radical (unpaired) electrons. The highest BCUT2D eigenvalue weighted by atomic mass is 19.1. The van der Waals surface area contributed by atoms with E-state index < -0.39 is 6.10 Å². The summed E-state index contributed by atoms with van der Waals surface area (Å²) < 4.78 is 13.0. The van der Waals surface area contributed by atoms with Crippen LogP contribution in [0.5, 0.6) is 0 Å². The summed E-state index contributed by atoms with van der Waals surface area (Å²) in [6, 6.07) is 16.5. The van der Waals surface area contributed by atoms with E-state index in [2.05, 4.69) is 18.7 Å². The molecule has 0 fully saturated rings. The molecule has 0 aromatic heterocycles. The zero-order valence-corrected chi connectivity index (χ0v) is 12.5. The summed E-state index contributed by atoms with van der Waals surface area (Å²) in [5, 5.41) is 10.4. The van der Waals surface area contributed by atoms with Crippen molar-refractivity contribution in [2.75, 3.05) is 6.54 Å². The van der Waals surface area contributed by atoms with E-state index in [4.69, 9.17) is 0 Å². The maximum atomic E-state index is 13.0. The third-order valence-electron chi connectivity index (χ3n) is 3.62. The van der Waals surface area contributed by atoms with Crippen LogP contribution >= 0.6 is 0 Å². The highest BCUT2D eigenvalue weighted by Crippen LogP contribution is 2.17. The third-order valence-corrected chi connectivity index (χ3v) is 3.62. The van der Waals surface area contributed by atoms with Gasteiger partial charge >= 0.3 is 0 Å². The van der Waals surface area contributed by atoms with Crippen molar-refractivity contribution in [3.8, 4) is 0 Å². The first-order valence-electron chi connectivity index (χ1n) is 7.28. The number of aliphatic hydroxyl groups is 1. The number of nitrogens with zero attached hydrogens (tertiary/aromatic N) is 1. The van der Waals surface area contributed by atoms with Crippen molar-refractivity contribution in [1.82, 2.24) is 4.90 Å². The Balaban J connectivity index is 2.04. The van der Waals surface area contributed by atoms with Crippen LogP contribution in [0.1, 0.15) is 31.1 Å². The van der Waals surface area contributed by atoms with Gasteiger partial charge in [0.2, 0.25) is 0 Å². The SMILES string of the molecule is CC(C)N(Cc1ccc(F)cc1)C[C@H](O)c1ccccc1. The molecule has 0 saturated carbocycles. The smallest absolute Gasteiger partial charge is 0.123 e. The summed E-state index contributed by atoms with van der Waals surface area (Å²) in [6.07, 6.45) is -0.519. The van der Waals surface area contributed by atoms with Crippen molar-refractivity contribution in [1.29, 1.82) is 0 Å². The van der Waals surface area contributed by atoms with E-state index in [0.29, 0.717) is 19.1 Å². The first-order chi connectivity index (χ1) is 10.1. The number of halogens is 1. The van der Waals surface area contributed by atoms with Crippen LogP contribution in [0.2, 0.25) is 0 Å². The van der Waals surface area contributed by atoms with E-state index in [1.807, 2.05) is 30.3 Å². The second-order valence-corrected chi connectivity index (χ2v) is 5.58. The second kappa shape index (κ2) is 7.34. The number of benzene rings is 2. The van der Waals surface area contributed by atoms with Gasteiger partial charge in [-0.2, -0.15) is 0 Å². The lowest BCUT2D eigenvalue weighted by Gasteiger charge is -2.29. The lowest BCUT2D eigenvalue weighted by Crippen LogP contribution is -2.34. The van der Waals surface area contributed by atoms with Crippen LogP contribution in [-0.2, 0) is 6.54 Å². The summed E-state index contributed by atoms with van der Waals surface area (Å²) in [5.74, 6) is -0.223. The molecule has 0 spiro atoms. The molecule has 2 aromatic rings. The largest absolute Gasteiger partial charge is 0.387 e. The molecule has 3 heteroatoms. The molecule has 0 heterocycles. The van der Waals surface area contributed by atoms with Crippen LogP contribution in [0.15, 0.2) is 54.6 Å². The van der Waals surface area contributed by atoms with E-state index in [1.54, 1.807) is 12.1 Å². The molecule has 112 valence electrons. The van der Waals surface area contributed by atoms with Gasteiger partial charge < -0.3 is 5.11 Å². The molecule has 2 nitrogen and oxygen atoms in total. The Kier molecular flexibility index (Phi) is 5.48. The Morgan fingerprint density at radius 1 is 1.00 bits per heavy atom. The van der Waals surface area contributed by atoms with Gasteiger partial charge in [-0.25, -0.2) is 4.39 Å². The van der Waals surface area contributed by atoms with Crippen molar-refractivity contribution in [2.45, 2.75) is 32.5 Å². The average molecular weight is 287 g/mol. The predicted molar refractivity (Wildman–Crippen MR) is 83.3 cm³/mol. The first-order valence-corrected chi connectivity index (χ1v) is 7.28. The molecule has 2 aromatic carbocycles. The van der Waals surface area contributed by atoms with E-state index in [-0.39, 0.29) is 5.82 Å². The Bertz CT molecular complexity index is 539. The Labute approximate surface area is 125 Å². The molecule has 0 amide bonds. The van der Waals surface area contributed by atoms with E-state index in [0.717, 1.165) is 11.1 Å². The second-order valence-electron chi connectivity index (χ2n) is 5.58. The highest BCUT2D eigenvalue weighted by Gasteiger charge is 2.16. The molecule has 0 aliphatic rings. The van der Waals surface area contributed by atoms with Gasteiger partial charge in [0.05, 0.1) is 6.10 Å². The van der Waals surface area contributed by atoms with Crippen molar-refractivity contribution in [3.63, 3.8) is 0 Å². The number of hydrogen-bond acceptors (Lipinski definition) is 2. The van der Waals surface area contributed by atoms with Crippen LogP contribution in [0, 0.1) is 5.82 Å². The van der Waals surface area contributed by atoms with Crippen molar-refractivity contribution in [2.24, 2.45) is 0 Å². The molecule has 0 aliphatic carbocycles. The Morgan fingerprint density at radius 3 is 2.19 bits per heavy atom. The number of hydrogen-bond donors (Lipinski definition) is 1. The third kappa shape index (κ3) is 4.66. The van der Waals surface area contributed by atoms with Crippen LogP contribution in [0.25, 0.3) is 0 Å². The molecule has 0 unspecified atom stereocenters. The van der Waals surface area contributed by atoms with Gasteiger partial charge in [-0.05, 0) is 37.1 Å². The molecule has 0 bridgehead atoms. The summed E-state index contributed by atoms with van der Waals surface area (Å²) in [6.45, 7) is 5.45. The summed E-state index contributed by atoms with van der Waals surface area (Å²) in [4.78, 5) is 2.19. The summed E-state index contributed by atoms with van der Waals surface area (Å²) >= 11 is 0. The fraction of sp³-hybridized carbons (Fsp3) is 0.333. The molecule has 2 rings (SSSR count). The standard InChI is InChI=1S/C18H22FNO/c1-14(2)20(12-15-8-10-17(19)11-9-15)13-18(21)16-6-4-3-5-7-16/h3-11,14,18,21H,12-13H2,1-2H3/t18-/m0/s1. The van der Waals surface area contributed by atoms with Crippen LogP contribution in [-0.4, -0.2) is 22.6 Å². The van der Waals surface area contributed by atoms with Crippen molar-refractivity contribution >= 4 is 0 Å². The normalized spacial score (nSPS) is 12.9. The Morgan fingerprint density at radius 2 is 1.62 bits per heavy atom. The molecular weight excluding hydrogens is 265 g/mol. The molecule has 21 heavy (non-hydrogen) atoms. The topological polar surface area (TPSA) is 23.5 Å². The minimum Gasteiger partial charge on any atom is -0.387 e. The lowest BCUT2D eigenvalue weighted by molar-refractivity contribution is 0.0908. The zero-order chi connectivity index (χ0) is 15.2. The fourth-order valence-electron chi connectivity index (χ4n) is 2.28. The summed E-state index contributed by atoms with van der Waals surface area (Å²) in [5.41, 5.74) is 1.97. The highest BCUT2D eigenvalue weighted by molar-refractivity contribution is 5.18. The number of rotatable bonds is 6. The molecule has 0 saturated heterocycles. The maximum absolute atomic E-state index is 13.0. The summed E-state index contributed by atoms with van der Waals surface area (Å²) in [7, 11) is 0. The molecular formula is C18H22FNO. The quantitative estimate of drug-likeness (QED) is 0.874. The van der Waals surface area contributed by atoms with Gasteiger partial charge in [-0.1, -0.05) is 42.5 Å². The van der Waals surface area contributed by atoms with E-state index >= 15 is 0 Å². The minimum absolute atomic E-state index is 0.223. The van der Waals surface area contributed by atoms with Gasteiger partial charge in [0, 0.05) is 19.1 Å². The lowest BCUT2D eigenvalue weighted by atomic mass is 10.1. The number of aliphatic hydroxyl groups excluding tert-OH is 1. The van der Waals surface area contributed by atoms with Crippen molar-refractivity contribution in [3.05, 3.63) is 71.5 Å². The van der Waals surface area contributed by atoms with E-state index in [9.17, 15) is 9.50 Å². The van der Waals surface area contributed by atoms with Gasteiger partial charge in [-0.15, -0.1) is 0 Å². The van der Waals surface area contributed by atoms with Crippen molar-refractivity contribution < 1.29 is 9.50 Å². The van der Waals surface area contributed by atoms with Crippen LogP contribution in [0.3, 0.4) is 0 Å². The predicted octanol–water partition coefficient (Wildman–Crippen LogP) is 3.77. The van der Waals surface area contributed by atoms with Gasteiger partial charge in [-0.3, -0.25) is 4.90 Å². The molecule has 0 aliphatic heterocycles. The maximum Gasteiger partial charge on any atom is 0.123 e. The van der Waals surface area contributed by atoms with Gasteiger partial charge in [0.25, 0.3) is 0 Å². The van der Waals surface area contributed by atoms with Crippen LogP contribution in [0.4, 0.5) is 4.39 Å². The molecule has 1 N–H and O–H groups in total. The van der Waals surface area contributed by atoms with E-state index in [1.165, 1.54) is 12.1 Å². The zero-order valence-electron chi connectivity index (χ0n) is 12.5.